The number of rotatable bonds is 6. The highest BCUT2D eigenvalue weighted by Crippen LogP contribution is 2.25. The minimum Gasteiger partial charge on any atom is -0.495 e. The van der Waals surface area contributed by atoms with Crippen LogP contribution in [-0.4, -0.2) is 24.5 Å². The summed E-state index contributed by atoms with van der Waals surface area (Å²) in [5, 5.41) is 16.1. The molecule has 0 aromatic heterocycles. The van der Waals surface area contributed by atoms with E-state index in [0.29, 0.717) is 11.4 Å². The van der Waals surface area contributed by atoms with Crippen LogP contribution in [0.5, 0.6) is 5.75 Å². The van der Waals surface area contributed by atoms with Gasteiger partial charge in [-0.2, -0.15) is 4.39 Å². The lowest BCUT2D eigenvalue weighted by Crippen LogP contribution is -2.22. The number of anilines is 2. The van der Waals surface area contributed by atoms with E-state index in [-0.39, 0.29) is 18.1 Å². The molecule has 0 bridgehead atoms. The number of methoxy groups -OCH3 is 1. The van der Waals surface area contributed by atoms with Crippen molar-refractivity contribution in [2.75, 3.05) is 24.3 Å². The second-order valence-electron chi connectivity index (χ2n) is 5.03. The smallest absolute Gasteiger partial charge is 0.306 e. The lowest BCUT2D eigenvalue weighted by molar-refractivity contribution is -0.387. The summed E-state index contributed by atoms with van der Waals surface area (Å²) in [6.07, 6.45) is 0. The van der Waals surface area contributed by atoms with Crippen LogP contribution in [0.1, 0.15) is 5.56 Å². The van der Waals surface area contributed by atoms with Crippen LogP contribution in [0.2, 0.25) is 0 Å². The number of nitro groups is 1. The molecule has 0 aliphatic carbocycles. The molecule has 126 valence electrons. The van der Waals surface area contributed by atoms with E-state index in [9.17, 15) is 19.3 Å². The number of carbonyl (C=O) groups is 1. The molecule has 0 unspecified atom stereocenters. The summed E-state index contributed by atoms with van der Waals surface area (Å²) in [4.78, 5) is 21.9. The summed E-state index contributed by atoms with van der Waals surface area (Å²) < 4.78 is 18.4. The van der Waals surface area contributed by atoms with Crippen molar-refractivity contribution in [2.24, 2.45) is 0 Å². The number of aryl methyl sites for hydroxylation is 1. The average molecular weight is 333 g/mol. The number of amides is 1. The fourth-order valence-electron chi connectivity index (χ4n) is 2.06. The van der Waals surface area contributed by atoms with Crippen LogP contribution in [-0.2, 0) is 4.79 Å². The third-order valence-electron chi connectivity index (χ3n) is 3.22. The van der Waals surface area contributed by atoms with Gasteiger partial charge in [0, 0.05) is 11.8 Å². The Morgan fingerprint density at radius 1 is 1.29 bits per heavy atom. The minimum absolute atomic E-state index is 0.139. The molecule has 2 N–H and O–H groups in total. The molecule has 0 fully saturated rings. The van der Waals surface area contributed by atoms with E-state index in [0.717, 1.165) is 17.7 Å². The van der Waals surface area contributed by atoms with E-state index < -0.39 is 16.4 Å². The molecule has 0 aliphatic heterocycles. The van der Waals surface area contributed by atoms with Gasteiger partial charge in [-0.05, 0) is 36.8 Å². The number of carbonyl (C=O) groups excluding carboxylic acids is 1. The largest absolute Gasteiger partial charge is 0.495 e. The van der Waals surface area contributed by atoms with Gasteiger partial charge in [0.25, 0.3) is 0 Å². The van der Waals surface area contributed by atoms with Crippen molar-refractivity contribution >= 4 is 23.0 Å². The molecule has 2 aromatic carbocycles. The summed E-state index contributed by atoms with van der Waals surface area (Å²) in [6.45, 7) is 1.74. The molecule has 2 aromatic rings. The predicted molar refractivity (Wildman–Crippen MR) is 87.9 cm³/mol. The molecule has 24 heavy (non-hydrogen) atoms. The zero-order chi connectivity index (χ0) is 17.7. The van der Waals surface area contributed by atoms with E-state index in [1.807, 2.05) is 13.0 Å². The van der Waals surface area contributed by atoms with Gasteiger partial charge in [-0.3, -0.25) is 14.9 Å². The Balaban J connectivity index is 2.03. The highest BCUT2D eigenvalue weighted by atomic mass is 19.1. The number of hydrogen-bond donors (Lipinski definition) is 2. The van der Waals surface area contributed by atoms with Crippen molar-refractivity contribution in [3.63, 3.8) is 0 Å². The summed E-state index contributed by atoms with van der Waals surface area (Å²) in [5.41, 5.74) is 1.10. The highest BCUT2D eigenvalue weighted by molar-refractivity contribution is 5.95. The number of benzene rings is 2. The molecule has 0 aliphatic rings. The second-order valence-corrected chi connectivity index (χ2v) is 5.03. The molecule has 0 saturated heterocycles. The summed E-state index contributed by atoms with van der Waals surface area (Å²) in [6, 6.07) is 8.69. The first-order valence-corrected chi connectivity index (χ1v) is 7.03. The zero-order valence-corrected chi connectivity index (χ0v) is 13.1. The fraction of sp³-hybridized carbons (Fsp3) is 0.188. The SMILES string of the molecule is COc1ccc(C)cc1NC(=O)CNc1ccc(F)c([N+](=O)[O-])c1. The summed E-state index contributed by atoms with van der Waals surface area (Å²) in [5.74, 6) is -0.781. The molecule has 2 rings (SSSR count). The van der Waals surface area contributed by atoms with Crippen LogP contribution in [0.25, 0.3) is 0 Å². The second kappa shape index (κ2) is 7.40. The number of nitrogens with one attached hydrogen (secondary N) is 2. The number of ether oxygens (including phenoxy) is 1. The molecule has 7 nitrogen and oxygen atoms in total. The van der Waals surface area contributed by atoms with E-state index in [1.165, 1.54) is 13.2 Å². The van der Waals surface area contributed by atoms with Gasteiger partial charge in [-0.15, -0.1) is 0 Å². The van der Waals surface area contributed by atoms with Crippen molar-refractivity contribution in [3.05, 3.63) is 57.9 Å². The highest BCUT2D eigenvalue weighted by Gasteiger charge is 2.15. The Kier molecular flexibility index (Phi) is 5.31. The lowest BCUT2D eigenvalue weighted by atomic mass is 10.2. The topological polar surface area (TPSA) is 93.5 Å². The number of nitrogens with zero attached hydrogens (tertiary/aromatic N) is 1. The Labute approximate surface area is 137 Å². The van der Waals surface area contributed by atoms with Crippen molar-refractivity contribution in [3.8, 4) is 5.75 Å². The maximum Gasteiger partial charge on any atom is 0.306 e. The Morgan fingerprint density at radius 2 is 2.04 bits per heavy atom. The first-order valence-electron chi connectivity index (χ1n) is 7.03. The van der Waals surface area contributed by atoms with Crippen LogP contribution in [0, 0.1) is 22.9 Å². The Bertz CT molecular complexity index is 780. The van der Waals surface area contributed by atoms with Crippen LogP contribution < -0.4 is 15.4 Å². The average Bonchev–Trinajstić information content (AvgIpc) is 2.54. The van der Waals surface area contributed by atoms with E-state index >= 15 is 0 Å². The standard InChI is InChI=1S/C16H16FN3O4/c1-10-3-6-15(24-2)13(7-10)19-16(21)9-18-11-4-5-12(17)14(8-11)20(22)23/h3-8,18H,9H2,1-2H3,(H,19,21). The first-order chi connectivity index (χ1) is 11.4. The van der Waals surface area contributed by atoms with E-state index in [4.69, 9.17) is 4.74 Å². The Morgan fingerprint density at radius 3 is 2.71 bits per heavy atom. The van der Waals surface area contributed by atoms with Crippen molar-refractivity contribution < 1.29 is 18.8 Å². The number of hydrogen-bond acceptors (Lipinski definition) is 5. The molecule has 0 spiro atoms. The first kappa shape index (κ1) is 17.2. The van der Waals surface area contributed by atoms with Crippen molar-refractivity contribution in [2.45, 2.75) is 6.92 Å². The minimum atomic E-state index is -0.931. The third-order valence-corrected chi connectivity index (χ3v) is 3.22. The van der Waals surface area contributed by atoms with Crippen molar-refractivity contribution in [1.82, 2.24) is 0 Å². The van der Waals surface area contributed by atoms with Crippen molar-refractivity contribution in [1.29, 1.82) is 0 Å². The van der Waals surface area contributed by atoms with Crippen LogP contribution >= 0.6 is 0 Å². The molecule has 1 amide bonds. The lowest BCUT2D eigenvalue weighted by Gasteiger charge is -2.12. The monoisotopic (exact) mass is 333 g/mol. The zero-order valence-electron chi connectivity index (χ0n) is 13.1. The van der Waals surface area contributed by atoms with E-state index in [1.54, 1.807) is 12.1 Å². The van der Waals surface area contributed by atoms with Gasteiger partial charge in [0.2, 0.25) is 11.7 Å². The van der Waals surface area contributed by atoms with Gasteiger partial charge in [0.05, 0.1) is 24.3 Å². The normalized spacial score (nSPS) is 10.1. The molecule has 0 heterocycles. The van der Waals surface area contributed by atoms with E-state index in [2.05, 4.69) is 10.6 Å². The summed E-state index contributed by atoms with van der Waals surface area (Å²) >= 11 is 0. The molecule has 0 atom stereocenters. The molecule has 8 heteroatoms. The number of halogens is 1. The fourth-order valence-corrected chi connectivity index (χ4v) is 2.06. The van der Waals surface area contributed by atoms with Gasteiger partial charge in [0.15, 0.2) is 0 Å². The maximum atomic E-state index is 13.3. The predicted octanol–water partition coefficient (Wildman–Crippen LogP) is 3.10. The van der Waals surface area contributed by atoms with Crippen LogP contribution in [0.4, 0.5) is 21.5 Å². The van der Waals surface area contributed by atoms with Gasteiger partial charge >= 0.3 is 5.69 Å². The third kappa shape index (κ3) is 4.19. The molecular formula is C16H16FN3O4. The molecule has 0 saturated carbocycles. The Hall–Kier alpha value is -3.16. The number of nitro benzene ring substituents is 1. The maximum absolute atomic E-state index is 13.3. The molecule has 0 radical (unpaired) electrons. The van der Waals surface area contributed by atoms with Gasteiger partial charge in [0.1, 0.15) is 5.75 Å². The van der Waals surface area contributed by atoms with Gasteiger partial charge in [-0.25, -0.2) is 0 Å². The summed E-state index contributed by atoms with van der Waals surface area (Å²) in [7, 11) is 1.50. The molecular weight excluding hydrogens is 317 g/mol. The van der Waals surface area contributed by atoms with Crippen LogP contribution in [0.15, 0.2) is 36.4 Å². The van der Waals surface area contributed by atoms with Crippen LogP contribution in [0.3, 0.4) is 0 Å². The van der Waals surface area contributed by atoms with Gasteiger partial charge in [-0.1, -0.05) is 6.07 Å². The quantitative estimate of drug-likeness (QED) is 0.626. The van der Waals surface area contributed by atoms with Gasteiger partial charge < -0.3 is 15.4 Å².